The van der Waals surface area contributed by atoms with Gasteiger partial charge in [0.1, 0.15) is 5.75 Å². The molecule has 0 saturated carbocycles. The number of fused-ring (bicyclic) bond motifs is 1. The molecule has 0 aliphatic heterocycles. The van der Waals surface area contributed by atoms with Gasteiger partial charge < -0.3 is 15.0 Å². The number of halogens is 3. The van der Waals surface area contributed by atoms with Crippen LogP contribution in [0, 0.1) is 11.6 Å². The molecular formula is C20H21F3N2O. The fraction of sp³-hybridized carbons (Fsp3) is 0.300. The fourth-order valence-electron chi connectivity index (χ4n) is 2.83. The van der Waals surface area contributed by atoms with Crippen LogP contribution in [0.25, 0.3) is 10.9 Å². The molecule has 0 spiro atoms. The van der Waals surface area contributed by atoms with E-state index in [1.54, 1.807) is 6.20 Å². The lowest BCUT2D eigenvalue weighted by Crippen LogP contribution is -2.16. The first-order valence-corrected chi connectivity index (χ1v) is 8.61. The Hall–Kier alpha value is -2.47. The number of aromatic nitrogens is 1. The van der Waals surface area contributed by atoms with Gasteiger partial charge in [0.2, 0.25) is 0 Å². The van der Waals surface area contributed by atoms with E-state index in [2.05, 4.69) is 10.3 Å². The van der Waals surface area contributed by atoms with Crippen LogP contribution in [0.5, 0.6) is 5.75 Å². The van der Waals surface area contributed by atoms with Gasteiger partial charge in [0.15, 0.2) is 11.6 Å². The number of benzene rings is 2. The van der Waals surface area contributed by atoms with E-state index in [4.69, 9.17) is 4.74 Å². The highest BCUT2D eigenvalue weighted by Gasteiger charge is 2.09. The molecule has 2 aromatic carbocycles. The van der Waals surface area contributed by atoms with Gasteiger partial charge in [-0.25, -0.2) is 8.78 Å². The first-order valence-electron chi connectivity index (χ1n) is 8.61. The summed E-state index contributed by atoms with van der Waals surface area (Å²) in [5.41, 5.74) is 2.60. The molecule has 0 bridgehead atoms. The monoisotopic (exact) mass is 362 g/mol. The Morgan fingerprint density at radius 3 is 2.77 bits per heavy atom. The van der Waals surface area contributed by atoms with E-state index in [0.29, 0.717) is 43.4 Å². The predicted octanol–water partition coefficient (Wildman–Crippen LogP) is 4.52. The molecule has 6 heteroatoms. The molecule has 1 aromatic heterocycles. The zero-order valence-electron chi connectivity index (χ0n) is 14.3. The molecule has 0 atom stereocenters. The van der Waals surface area contributed by atoms with Crippen molar-refractivity contribution in [3.8, 4) is 5.75 Å². The van der Waals surface area contributed by atoms with Crippen LogP contribution in [0.1, 0.15) is 17.5 Å². The van der Waals surface area contributed by atoms with E-state index in [9.17, 15) is 13.2 Å². The molecule has 0 aliphatic carbocycles. The van der Waals surface area contributed by atoms with Crippen LogP contribution in [0.2, 0.25) is 0 Å². The van der Waals surface area contributed by atoms with Crippen molar-refractivity contribution in [1.82, 2.24) is 10.3 Å². The van der Waals surface area contributed by atoms with Crippen molar-refractivity contribution >= 4 is 10.9 Å². The van der Waals surface area contributed by atoms with Crippen LogP contribution < -0.4 is 10.1 Å². The third-order valence-electron chi connectivity index (χ3n) is 4.15. The maximum Gasteiger partial charge on any atom is 0.160 e. The van der Waals surface area contributed by atoms with Gasteiger partial charge in [-0.15, -0.1) is 0 Å². The summed E-state index contributed by atoms with van der Waals surface area (Å²) in [5.74, 6) is -0.958. The number of rotatable bonds is 9. The van der Waals surface area contributed by atoms with Crippen molar-refractivity contribution in [3.05, 3.63) is 65.4 Å². The first kappa shape index (κ1) is 18.3. The predicted molar refractivity (Wildman–Crippen MR) is 96.2 cm³/mol. The summed E-state index contributed by atoms with van der Waals surface area (Å²) in [6.07, 6.45) is 2.86. The van der Waals surface area contributed by atoms with Gasteiger partial charge >= 0.3 is 0 Å². The van der Waals surface area contributed by atoms with E-state index in [1.165, 1.54) is 12.1 Å². The van der Waals surface area contributed by atoms with Crippen LogP contribution >= 0.6 is 0 Å². The van der Waals surface area contributed by atoms with Gasteiger partial charge in [0.25, 0.3) is 0 Å². The molecule has 0 amide bonds. The number of aromatic amines is 1. The average molecular weight is 362 g/mol. The molecule has 0 radical (unpaired) electrons. The molecular weight excluding hydrogens is 341 g/mol. The first-order chi connectivity index (χ1) is 12.7. The second-order valence-electron chi connectivity index (χ2n) is 6.09. The number of nitrogens with one attached hydrogen (secondary N) is 2. The Morgan fingerprint density at radius 2 is 1.92 bits per heavy atom. The van der Waals surface area contributed by atoms with Gasteiger partial charge in [0.05, 0.1) is 13.3 Å². The van der Waals surface area contributed by atoms with Gasteiger partial charge in [0, 0.05) is 36.1 Å². The summed E-state index contributed by atoms with van der Waals surface area (Å²) in [7, 11) is 0. The number of H-pyrrole nitrogens is 1. The topological polar surface area (TPSA) is 37.0 Å². The van der Waals surface area contributed by atoms with Gasteiger partial charge in [-0.1, -0.05) is 12.1 Å². The molecule has 2 N–H and O–H groups in total. The third kappa shape index (κ3) is 4.58. The van der Waals surface area contributed by atoms with Crippen molar-refractivity contribution in [2.45, 2.75) is 19.4 Å². The zero-order chi connectivity index (χ0) is 18.4. The standard InChI is InChI=1S/C20H21F3N2O/c21-6-2-8-26-16-4-1-3-14(9-16)12-24-7-5-15-13-25-20-11-19(23)18(22)10-17(15)20/h1,3-4,9-11,13,24-25H,2,5-8,12H2. The summed E-state index contributed by atoms with van der Waals surface area (Å²) in [5, 5.41) is 4.03. The smallest absolute Gasteiger partial charge is 0.160 e. The minimum absolute atomic E-state index is 0.366. The SMILES string of the molecule is FCCCOc1cccc(CNCCc2c[nH]c3cc(F)c(F)cc23)c1. The van der Waals surface area contributed by atoms with Crippen molar-refractivity contribution in [2.24, 2.45) is 0 Å². The van der Waals surface area contributed by atoms with E-state index in [-0.39, 0.29) is 6.67 Å². The number of hydrogen-bond acceptors (Lipinski definition) is 2. The van der Waals surface area contributed by atoms with Crippen molar-refractivity contribution < 1.29 is 17.9 Å². The normalized spacial score (nSPS) is 11.2. The zero-order valence-corrected chi connectivity index (χ0v) is 14.3. The highest BCUT2D eigenvalue weighted by molar-refractivity contribution is 5.83. The summed E-state index contributed by atoms with van der Waals surface area (Å²) >= 11 is 0. The molecule has 26 heavy (non-hydrogen) atoms. The lowest BCUT2D eigenvalue weighted by atomic mass is 10.1. The molecule has 3 aromatic rings. The van der Waals surface area contributed by atoms with E-state index < -0.39 is 11.6 Å². The Morgan fingerprint density at radius 1 is 1.08 bits per heavy atom. The van der Waals surface area contributed by atoms with Crippen LogP contribution in [0.3, 0.4) is 0 Å². The quantitative estimate of drug-likeness (QED) is 0.549. The summed E-state index contributed by atoms with van der Waals surface area (Å²) in [4.78, 5) is 2.97. The molecule has 3 rings (SSSR count). The third-order valence-corrected chi connectivity index (χ3v) is 4.15. The number of hydrogen-bond donors (Lipinski definition) is 2. The van der Waals surface area contributed by atoms with Crippen LogP contribution in [-0.2, 0) is 13.0 Å². The maximum atomic E-state index is 13.4. The van der Waals surface area contributed by atoms with Gasteiger partial charge in [-0.2, -0.15) is 0 Å². The lowest BCUT2D eigenvalue weighted by molar-refractivity contribution is 0.289. The molecule has 3 nitrogen and oxygen atoms in total. The molecule has 0 unspecified atom stereocenters. The molecule has 0 aliphatic rings. The van der Waals surface area contributed by atoms with E-state index >= 15 is 0 Å². The highest BCUT2D eigenvalue weighted by Crippen LogP contribution is 2.22. The Balaban J connectivity index is 1.51. The van der Waals surface area contributed by atoms with Crippen molar-refractivity contribution in [1.29, 1.82) is 0 Å². The second-order valence-corrected chi connectivity index (χ2v) is 6.09. The van der Waals surface area contributed by atoms with Crippen molar-refractivity contribution in [2.75, 3.05) is 19.8 Å². The van der Waals surface area contributed by atoms with Crippen LogP contribution in [-0.4, -0.2) is 24.8 Å². The van der Waals surface area contributed by atoms with E-state index in [1.807, 2.05) is 24.3 Å². The second kappa shape index (κ2) is 8.76. The Labute approximate surface area is 150 Å². The Kier molecular flexibility index (Phi) is 6.17. The molecule has 0 saturated heterocycles. The van der Waals surface area contributed by atoms with Crippen LogP contribution in [0.4, 0.5) is 13.2 Å². The summed E-state index contributed by atoms with van der Waals surface area (Å²) in [6.45, 7) is 1.33. The fourth-order valence-corrected chi connectivity index (χ4v) is 2.83. The maximum absolute atomic E-state index is 13.4. The van der Waals surface area contributed by atoms with Crippen molar-refractivity contribution in [3.63, 3.8) is 0 Å². The average Bonchev–Trinajstić information content (AvgIpc) is 3.02. The van der Waals surface area contributed by atoms with Crippen LogP contribution in [0.15, 0.2) is 42.6 Å². The Bertz CT molecular complexity index is 863. The number of alkyl halides is 1. The highest BCUT2D eigenvalue weighted by atomic mass is 19.2. The minimum Gasteiger partial charge on any atom is -0.493 e. The minimum atomic E-state index is -0.849. The lowest BCUT2D eigenvalue weighted by Gasteiger charge is -2.08. The molecule has 0 fully saturated rings. The molecule has 138 valence electrons. The largest absolute Gasteiger partial charge is 0.493 e. The van der Waals surface area contributed by atoms with Gasteiger partial charge in [-0.05, 0) is 42.3 Å². The summed E-state index contributed by atoms with van der Waals surface area (Å²) < 4.78 is 44.3. The summed E-state index contributed by atoms with van der Waals surface area (Å²) in [6, 6.07) is 10.1. The molecule has 1 heterocycles. The number of ether oxygens (including phenoxy) is 1. The van der Waals surface area contributed by atoms with Gasteiger partial charge in [-0.3, -0.25) is 4.39 Å². The van der Waals surface area contributed by atoms with E-state index in [0.717, 1.165) is 16.9 Å².